The number of aryl methyl sites for hydroxylation is 1. The molecule has 100 valence electrons. The van der Waals surface area contributed by atoms with Crippen LogP contribution in [-0.2, 0) is 6.61 Å². The minimum absolute atomic E-state index is 0.523. The summed E-state index contributed by atoms with van der Waals surface area (Å²) in [5.41, 5.74) is 8.96. The third-order valence-electron chi connectivity index (χ3n) is 3.55. The third kappa shape index (κ3) is 2.32. The van der Waals surface area contributed by atoms with Crippen LogP contribution in [0.15, 0.2) is 60.7 Å². The zero-order chi connectivity index (χ0) is 13.9. The summed E-state index contributed by atoms with van der Waals surface area (Å²) in [5, 5.41) is 2.45. The summed E-state index contributed by atoms with van der Waals surface area (Å²) in [6.07, 6.45) is 0. The summed E-state index contributed by atoms with van der Waals surface area (Å²) in [6.45, 7) is 2.51. The van der Waals surface area contributed by atoms with E-state index in [4.69, 9.17) is 10.5 Å². The van der Waals surface area contributed by atoms with Gasteiger partial charge in [-0.3, -0.25) is 0 Å². The van der Waals surface area contributed by atoms with E-state index in [9.17, 15) is 0 Å². The number of hydrogen-bond acceptors (Lipinski definition) is 2. The number of rotatable bonds is 3. The first-order valence-corrected chi connectivity index (χ1v) is 6.70. The Morgan fingerprint density at radius 1 is 0.900 bits per heavy atom. The number of fused-ring (bicyclic) bond motifs is 1. The first kappa shape index (κ1) is 12.5. The van der Waals surface area contributed by atoms with Crippen LogP contribution in [0.4, 0.5) is 5.69 Å². The van der Waals surface area contributed by atoms with Gasteiger partial charge in [-0.25, -0.2) is 0 Å². The highest BCUT2D eigenvalue weighted by Crippen LogP contribution is 2.26. The van der Waals surface area contributed by atoms with Gasteiger partial charge in [-0.1, -0.05) is 54.6 Å². The van der Waals surface area contributed by atoms with E-state index in [1.54, 1.807) is 0 Å². The van der Waals surface area contributed by atoms with E-state index < -0.39 is 0 Å². The Morgan fingerprint density at radius 3 is 2.55 bits per heavy atom. The SMILES string of the molecule is Cc1cccc(OCc2cccc3ccccc23)c1N. The molecule has 0 unspecified atom stereocenters. The molecule has 3 aromatic carbocycles. The molecule has 2 nitrogen and oxygen atoms in total. The van der Waals surface area contributed by atoms with Crippen molar-refractivity contribution in [2.75, 3.05) is 5.73 Å². The quantitative estimate of drug-likeness (QED) is 0.715. The Hall–Kier alpha value is -2.48. The number of para-hydroxylation sites is 1. The Kier molecular flexibility index (Phi) is 3.30. The number of nitrogens with two attached hydrogens (primary N) is 1. The fourth-order valence-electron chi connectivity index (χ4n) is 2.35. The number of ether oxygens (including phenoxy) is 1. The largest absolute Gasteiger partial charge is 0.487 e. The molecule has 20 heavy (non-hydrogen) atoms. The van der Waals surface area contributed by atoms with Crippen molar-refractivity contribution in [3.63, 3.8) is 0 Å². The zero-order valence-electron chi connectivity index (χ0n) is 11.5. The van der Waals surface area contributed by atoms with Crippen molar-refractivity contribution < 1.29 is 4.74 Å². The lowest BCUT2D eigenvalue weighted by Crippen LogP contribution is -2.00. The molecule has 0 aliphatic rings. The van der Waals surface area contributed by atoms with Crippen molar-refractivity contribution in [3.05, 3.63) is 71.8 Å². The first-order chi connectivity index (χ1) is 9.75. The molecule has 0 fully saturated rings. The van der Waals surface area contributed by atoms with Gasteiger partial charge in [0.25, 0.3) is 0 Å². The monoisotopic (exact) mass is 263 g/mol. The van der Waals surface area contributed by atoms with Gasteiger partial charge in [-0.05, 0) is 34.9 Å². The maximum absolute atomic E-state index is 6.03. The van der Waals surface area contributed by atoms with Crippen LogP contribution in [0.25, 0.3) is 10.8 Å². The lowest BCUT2D eigenvalue weighted by molar-refractivity contribution is 0.309. The number of hydrogen-bond donors (Lipinski definition) is 1. The van der Waals surface area contributed by atoms with E-state index in [2.05, 4.69) is 30.3 Å². The van der Waals surface area contributed by atoms with Crippen molar-refractivity contribution in [3.8, 4) is 5.75 Å². The first-order valence-electron chi connectivity index (χ1n) is 6.70. The number of nitrogen functional groups attached to an aromatic ring is 1. The molecule has 0 amide bonds. The summed E-state index contributed by atoms with van der Waals surface area (Å²) in [5.74, 6) is 0.748. The van der Waals surface area contributed by atoms with E-state index in [1.807, 2.05) is 37.3 Å². The van der Waals surface area contributed by atoms with E-state index in [0.29, 0.717) is 12.3 Å². The second kappa shape index (κ2) is 5.25. The van der Waals surface area contributed by atoms with Crippen molar-refractivity contribution >= 4 is 16.5 Å². The summed E-state index contributed by atoms with van der Waals surface area (Å²) in [6, 6.07) is 20.4. The van der Waals surface area contributed by atoms with Crippen LogP contribution in [0.2, 0.25) is 0 Å². The van der Waals surface area contributed by atoms with Gasteiger partial charge in [0.15, 0.2) is 0 Å². The van der Waals surface area contributed by atoms with Crippen LogP contribution in [-0.4, -0.2) is 0 Å². The molecular weight excluding hydrogens is 246 g/mol. The lowest BCUT2D eigenvalue weighted by Gasteiger charge is -2.12. The van der Waals surface area contributed by atoms with Crippen LogP contribution in [0.5, 0.6) is 5.75 Å². The van der Waals surface area contributed by atoms with Gasteiger partial charge >= 0.3 is 0 Å². The highest BCUT2D eigenvalue weighted by Gasteiger charge is 2.05. The van der Waals surface area contributed by atoms with Gasteiger partial charge in [-0.2, -0.15) is 0 Å². The molecule has 0 aliphatic heterocycles. The summed E-state index contributed by atoms with van der Waals surface area (Å²) in [4.78, 5) is 0. The fraction of sp³-hybridized carbons (Fsp3) is 0.111. The number of anilines is 1. The smallest absolute Gasteiger partial charge is 0.142 e. The van der Waals surface area contributed by atoms with E-state index in [1.165, 1.54) is 16.3 Å². The van der Waals surface area contributed by atoms with Gasteiger partial charge in [0.05, 0.1) is 5.69 Å². The predicted octanol–water partition coefficient (Wildman–Crippen LogP) is 4.31. The van der Waals surface area contributed by atoms with Crippen molar-refractivity contribution in [1.29, 1.82) is 0 Å². The van der Waals surface area contributed by atoms with Crippen LogP contribution < -0.4 is 10.5 Å². The highest BCUT2D eigenvalue weighted by atomic mass is 16.5. The van der Waals surface area contributed by atoms with Gasteiger partial charge in [0.2, 0.25) is 0 Å². The molecule has 0 aliphatic carbocycles. The summed E-state index contributed by atoms with van der Waals surface area (Å²) >= 11 is 0. The van der Waals surface area contributed by atoms with Crippen LogP contribution in [0.3, 0.4) is 0 Å². The molecule has 0 spiro atoms. The van der Waals surface area contributed by atoms with E-state index >= 15 is 0 Å². The molecule has 2 heteroatoms. The third-order valence-corrected chi connectivity index (χ3v) is 3.55. The van der Waals surface area contributed by atoms with E-state index in [0.717, 1.165) is 11.3 Å². The van der Waals surface area contributed by atoms with Crippen LogP contribution in [0, 0.1) is 6.92 Å². The average Bonchev–Trinajstić information content (AvgIpc) is 2.49. The molecule has 2 N–H and O–H groups in total. The molecule has 3 rings (SSSR count). The van der Waals surface area contributed by atoms with Gasteiger partial charge in [0, 0.05) is 0 Å². The van der Waals surface area contributed by atoms with Gasteiger partial charge in [-0.15, -0.1) is 0 Å². The van der Waals surface area contributed by atoms with Crippen molar-refractivity contribution in [2.45, 2.75) is 13.5 Å². The minimum atomic E-state index is 0.523. The second-order valence-corrected chi connectivity index (χ2v) is 4.91. The molecular formula is C18H17NO. The highest BCUT2D eigenvalue weighted by molar-refractivity contribution is 5.85. The van der Waals surface area contributed by atoms with Crippen molar-refractivity contribution in [1.82, 2.24) is 0 Å². The molecule has 0 saturated heterocycles. The minimum Gasteiger partial charge on any atom is -0.487 e. The molecule has 0 atom stereocenters. The maximum atomic E-state index is 6.03. The number of benzene rings is 3. The Bertz CT molecular complexity index is 744. The second-order valence-electron chi connectivity index (χ2n) is 4.91. The van der Waals surface area contributed by atoms with Gasteiger partial charge < -0.3 is 10.5 Å². The Morgan fingerprint density at radius 2 is 1.65 bits per heavy atom. The Labute approximate surface area is 118 Å². The van der Waals surface area contributed by atoms with E-state index in [-0.39, 0.29) is 0 Å². The molecule has 0 aromatic heterocycles. The van der Waals surface area contributed by atoms with Gasteiger partial charge in [0.1, 0.15) is 12.4 Å². The summed E-state index contributed by atoms with van der Waals surface area (Å²) in [7, 11) is 0. The molecule has 0 heterocycles. The average molecular weight is 263 g/mol. The maximum Gasteiger partial charge on any atom is 0.142 e. The molecule has 3 aromatic rings. The topological polar surface area (TPSA) is 35.2 Å². The lowest BCUT2D eigenvalue weighted by atomic mass is 10.1. The molecule has 0 bridgehead atoms. The summed E-state index contributed by atoms with van der Waals surface area (Å²) < 4.78 is 5.89. The van der Waals surface area contributed by atoms with Crippen molar-refractivity contribution in [2.24, 2.45) is 0 Å². The Balaban J connectivity index is 1.89. The predicted molar refractivity (Wildman–Crippen MR) is 83.9 cm³/mol. The van der Waals surface area contributed by atoms with Crippen LogP contribution in [0.1, 0.15) is 11.1 Å². The normalized spacial score (nSPS) is 10.7. The standard InChI is InChI=1S/C18H17NO/c1-13-6-4-11-17(18(13)19)20-12-15-9-5-8-14-7-2-3-10-16(14)15/h2-11H,12,19H2,1H3. The molecule has 0 radical (unpaired) electrons. The van der Waals surface area contributed by atoms with Crippen LogP contribution >= 0.6 is 0 Å². The molecule has 0 saturated carbocycles. The zero-order valence-corrected chi connectivity index (χ0v) is 11.5. The fourth-order valence-corrected chi connectivity index (χ4v) is 2.35.